The fraction of sp³-hybridized carbons (Fsp3) is 0.706. The third kappa shape index (κ3) is 4.03. The Balaban J connectivity index is 1.71. The summed E-state index contributed by atoms with van der Waals surface area (Å²) in [5, 5.41) is 26.8. The molecule has 0 aliphatic carbocycles. The average Bonchev–Trinajstić information content (AvgIpc) is 3.14. The van der Waals surface area contributed by atoms with Crippen LogP contribution >= 0.6 is 11.8 Å². The molecule has 2 fully saturated rings. The number of nitrogens with zero attached hydrogens (tertiary/aromatic N) is 3. The van der Waals surface area contributed by atoms with E-state index in [9.17, 15) is 28.2 Å². The number of carbonyl (C=O) groups excluding carboxylic acids is 1. The third-order valence-corrected chi connectivity index (χ3v) is 8.18. The SMILES string of the molecule is CC(O)[C@H]1C(=O)N2C(C(=O)O)=C(S[C@@H]3CN[C@H](C=NN(C)S(C)(=O)=O)C3)[C@H](C)[C@H]12. The van der Waals surface area contributed by atoms with Gasteiger partial charge in [-0.25, -0.2) is 13.2 Å². The quantitative estimate of drug-likeness (QED) is 0.270. The maximum Gasteiger partial charge on any atom is 0.353 e. The number of sulfonamides is 1. The van der Waals surface area contributed by atoms with Crippen molar-refractivity contribution in [2.24, 2.45) is 16.9 Å². The number of β-lactam (4-membered cyclic amide) rings is 1. The van der Waals surface area contributed by atoms with Gasteiger partial charge < -0.3 is 20.4 Å². The highest BCUT2D eigenvalue weighted by molar-refractivity contribution is 8.03. The van der Waals surface area contributed by atoms with Crippen molar-refractivity contribution in [3.05, 3.63) is 10.6 Å². The van der Waals surface area contributed by atoms with Gasteiger partial charge in [-0.15, -0.1) is 11.8 Å². The Kier molecular flexibility index (Phi) is 6.01. The zero-order valence-electron chi connectivity index (χ0n) is 16.6. The molecule has 3 rings (SSSR count). The van der Waals surface area contributed by atoms with Gasteiger partial charge in [0, 0.05) is 41.9 Å². The Bertz CT molecular complexity index is 871. The number of carboxylic acid groups (broad SMARTS) is 1. The standard InChI is InChI=1S/C17H26N4O6S2/c1-8-13-12(9(2)22)16(23)21(13)14(17(24)25)15(8)28-11-5-10(18-7-11)6-19-20(3)29(4,26)27/h6,8-13,18,22H,5,7H2,1-4H3,(H,24,25)/t8-,9?,10+,11+,12-,13-/m1/s1. The number of fused-ring (bicyclic) bond motifs is 1. The summed E-state index contributed by atoms with van der Waals surface area (Å²) in [5.41, 5.74) is 0.0170. The first-order chi connectivity index (χ1) is 13.4. The van der Waals surface area contributed by atoms with Crippen molar-refractivity contribution in [1.29, 1.82) is 0 Å². The van der Waals surface area contributed by atoms with Crippen LogP contribution in [0, 0.1) is 11.8 Å². The summed E-state index contributed by atoms with van der Waals surface area (Å²) in [4.78, 5) is 26.2. The normalized spacial score (nSPS) is 33.2. The molecule has 6 atom stereocenters. The largest absolute Gasteiger partial charge is 0.477 e. The minimum atomic E-state index is -3.40. The Labute approximate surface area is 174 Å². The summed E-state index contributed by atoms with van der Waals surface area (Å²) in [6.45, 7) is 4.04. The van der Waals surface area contributed by atoms with Crippen LogP contribution in [0.1, 0.15) is 20.3 Å². The van der Waals surface area contributed by atoms with E-state index in [-0.39, 0.29) is 34.9 Å². The van der Waals surface area contributed by atoms with Crippen molar-refractivity contribution < 1.29 is 28.2 Å². The fourth-order valence-corrected chi connectivity index (χ4v) is 5.77. The molecule has 0 radical (unpaired) electrons. The van der Waals surface area contributed by atoms with Crippen LogP contribution in [0.25, 0.3) is 0 Å². The van der Waals surface area contributed by atoms with Crippen LogP contribution < -0.4 is 5.32 Å². The lowest BCUT2D eigenvalue weighted by Crippen LogP contribution is -2.63. The van der Waals surface area contributed by atoms with Crippen LogP contribution in [0.3, 0.4) is 0 Å². The summed E-state index contributed by atoms with van der Waals surface area (Å²) in [5.74, 6) is -2.24. The van der Waals surface area contributed by atoms with E-state index in [4.69, 9.17) is 0 Å². The van der Waals surface area contributed by atoms with Gasteiger partial charge in [0.15, 0.2) is 0 Å². The lowest BCUT2D eigenvalue weighted by molar-refractivity contribution is -0.163. The monoisotopic (exact) mass is 446 g/mol. The maximum atomic E-state index is 12.4. The summed E-state index contributed by atoms with van der Waals surface area (Å²) >= 11 is 1.43. The Morgan fingerprint density at radius 1 is 1.48 bits per heavy atom. The molecule has 3 heterocycles. The van der Waals surface area contributed by atoms with Crippen molar-refractivity contribution >= 4 is 39.9 Å². The Hall–Kier alpha value is -1.63. The Morgan fingerprint density at radius 3 is 2.69 bits per heavy atom. The molecule has 0 aromatic rings. The predicted octanol–water partition coefficient (Wildman–Crippen LogP) is -0.519. The number of nitrogens with one attached hydrogen (secondary N) is 1. The van der Waals surface area contributed by atoms with E-state index in [1.54, 1.807) is 6.92 Å². The molecule has 3 aliphatic rings. The molecule has 0 spiro atoms. The molecule has 0 saturated carbocycles. The van der Waals surface area contributed by atoms with Crippen molar-refractivity contribution in [2.75, 3.05) is 19.8 Å². The molecule has 10 nitrogen and oxygen atoms in total. The second-order valence-electron chi connectivity index (χ2n) is 7.72. The van der Waals surface area contributed by atoms with Crippen LogP contribution in [0.15, 0.2) is 15.7 Å². The predicted molar refractivity (Wildman–Crippen MR) is 109 cm³/mol. The number of rotatable bonds is 7. The summed E-state index contributed by atoms with van der Waals surface area (Å²) in [7, 11) is -2.04. The van der Waals surface area contributed by atoms with Crippen LogP contribution in [-0.4, -0.2) is 89.3 Å². The van der Waals surface area contributed by atoms with Gasteiger partial charge in [-0.1, -0.05) is 6.92 Å². The zero-order valence-corrected chi connectivity index (χ0v) is 18.3. The highest BCUT2D eigenvalue weighted by Crippen LogP contribution is 2.51. The highest BCUT2D eigenvalue weighted by atomic mass is 32.2. The van der Waals surface area contributed by atoms with Gasteiger partial charge in [0.1, 0.15) is 5.70 Å². The Morgan fingerprint density at radius 2 is 2.14 bits per heavy atom. The summed E-state index contributed by atoms with van der Waals surface area (Å²) in [6.07, 6.45) is 2.42. The van der Waals surface area contributed by atoms with Crippen LogP contribution in [0.4, 0.5) is 0 Å². The van der Waals surface area contributed by atoms with E-state index in [0.717, 1.165) is 10.7 Å². The van der Waals surface area contributed by atoms with Crippen LogP contribution in [-0.2, 0) is 19.6 Å². The molecular weight excluding hydrogens is 420 g/mol. The molecule has 0 aromatic heterocycles. The van der Waals surface area contributed by atoms with Gasteiger partial charge in [0.05, 0.1) is 24.3 Å². The molecule has 1 amide bonds. The molecule has 29 heavy (non-hydrogen) atoms. The minimum Gasteiger partial charge on any atom is -0.477 e. The number of carboxylic acids is 1. The van der Waals surface area contributed by atoms with Gasteiger partial charge in [-0.3, -0.25) is 4.79 Å². The number of amides is 1. The van der Waals surface area contributed by atoms with E-state index < -0.39 is 28.0 Å². The first-order valence-corrected chi connectivity index (χ1v) is 12.0. The molecule has 162 valence electrons. The zero-order chi connectivity index (χ0) is 21.7. The molecule has 2 saturated heterocycles. The maximum absolute atomic E-state index is 12.4. The van der Waals surface area contributed by atoms with E-state index in [2.05, 4.69) is 10.4 Å². The number of aliphatic hydroxyl groups is 1. The first kappa shape index (κ1) is 22.1. The van der Waals surface area contributed by atoms with Crippen molar-refractivity contribution in [3.8, 4) is 0 Å². The molecule has 1 unspecified atom stereocenters. The summed E-state index contributed by atoms with van der Waals surface area (Å²) in [6, 6.07) is -0.461. The number of carbonyl (C=O) groups is 2. The van der Waals surface area contributed by atoms with E-state index in [1.807, 2.05) is 6.92 Å². The van der Waals surface area contributed by atoms with Gasteiger partial charge in [-0.05, 0) is 13.3 Å². The van der Waals surface area contributed by atoms with Gasteiger partial charge in [-0.2, -0.15) is 9.52 Å². The van der Waals surface area contributed by atoms with Crippen LogP contribution in [0.2, 0.25) is 0 Å². The molecule has 12 heteroatoms. The number of hydrogen-bond acceptors (Lipinski definition) is 8. The topological polar surface area (TPSA) is 140 Å². The lowest BCUT2D eigenvalue weighted by atomic mass is 9.79. The molecular formula is C17H26N4O6S2. The van der Waals surface area contributed by atoms with E-state index in [1.165, 1.54) is 29.9 Å². The van der Waals surface area contributed by atoms with E-state index >= 15 is 0 Å². The second kappa shape index (κ2) is 7.89. The number of thioether (sulfide) groups is 1. The molecule has 0 bridgehead atoms. The number of hydrazone groups is 1. The van der Waals surface area contributed by atoms with Gasteiger partial charge in [0.2, 0.25) is 15.9 Å². The fourth-order valence-electron chi connectivity index (χ4n) is 4.05. The molecule has 3 aliphatic heterocycles. The number of aliphatic hydroxyl groups excluding tert-OH is 1. The van der Waals surface area contributed by atoms with Crippen molar-refractivity contribution in [2.45, 2.75) is 43.7 Å². The van der Waals surface area contributed by atoms with Gasteiger partial charge >= 0.3 is 5.97 Å². The van der Waals surface area contributed by atoms with Crippen molar-refractivity contribution in [1.82, 2.24) is 14.6 Å². The number of hydrogen-bond donors (Lipinski definition) is 3. The number of aliphatic carboxylic acids is 1. The van der Waals surface area contributed by atoms with Gasteiger partial charge in [0.25, 0.3) is 0 Å². The van der Waals surface area contributed by atoms with E-state index in [0.29, 0.717) is 17.9 Å². The highest BCUT2D eigenvalue weighted by Gasteiger charge is 2.60. The average molecular weight is 447 g/mol. The third-order valence-electron chi connectivity index (χ3n) is 5.62. The summed E-state index contributed by atoms with van der Waals surface area (Å²) < 4.78 is 23.7. The smallest absolute Gasteiger partial charge is 0.353 e. The minimum absolute atomic E-state index is 0.0170. The second-order valence-corrected chi connectivity index (χ2v) is 11.1. The first-order valence-electron chi connectivity index (χ1n) is 9.30. The van der Waals surface area contributed by atoms with Crippen molar-refractivity contribution in [3.63, 3.8) is 0 Å². The lowest BCUT2D eigenvalue weighted by Gasteiger charge is -2.46. The van der Waals surface area contributed by atoms with Crippen LogP contribution in [0.5, 0.6) is 0 Å². The molecule has 3 N–H and O–H groups in total. The molecule has 0 aromatic carbocycles.